The molecule has 3 heterocycles. The summed E-state index contributed by atoms with van der Waals surface area (Å²) in [6, 6.07) is 6.61. The second kappa shape index (κ2) is 11.8. The smallest absolute Gasteiger partial charge is 0.429 e. The number of aromatic nitrogens is 2. The average molecular weight is 664 g/mol. The van der Waals surface area contributed by atoms with Crippen molar-refractivity contribution >= 4 is 40.9 Å². The van der Waals surface area contributed by atoms with Crippen LogP contribution in [0.1, 0.15) is 36.5 Å². The van der Waals surface area contributed by atoms with Gasteiger partial charge in [-0.15, -0.1) is 0 Å². The largest absolute Gasteiger partial charge is 0.480 e. The molecule has 1 unspecified atom stereocenters. The summed E-state index contributed by atoms with van der Waals surface area (Å²) in [5.74, 6) is -1.56. The topological polar surface area (TPSA) is 114 Å². The van der Waals surface area contributed by atoms with E-state index in [-0.39, 0.29) is 33.3 Å². The minimum Gasteiger partial charge on any atom is -0.480 e. The molecule has 44 heavy (non-hydrogen) atoms. The fourth-order valence-corrected chi connectivity index (χ4v) is 6.08. The second-order valence-corrected chi connectivity index (χ2v) is 11.7. The summed E-state index contributed by atoms with van der Waals surface area (Å²) >= 11 is 11.8. The van der Waals surface area contributed by atoms with E-state index in [1.54, 1.807) is 4.90 Å². The molecule has 0 amide bonds. The molecule has 1 aromatic heterocycles. The van der Waals surface area contributed by atoms with Crippen molar-refractivity contribution in [2.75, 3.05) is 30.3 Å². The molecule has 3 aromatic rings. The third-order valence-corrected chi connectivity index (χ3v) is 8.49. The number of piperidine rings is 1. The first kappa shape index (κ1) is 31.9. The van der Waals surface area contributed by atoms with Crippen LogP contribution in [-0.2, 0) is 11.0 Å². The van der Waals surface area contributed by atoms with Gasteiger partial charge < -0.3 is 25.8 Å². The molecule has 2 fully saturated rings. The molecule has 16 heteroatoms. The van der Waals surface area contributed by atoms with Crippen LogP contribution in [-0.4, -0.2) is 52.9 Å². The zero-order chi connectivity index (χ0) is 32.0. The second-order valence-electron chi connectivity index (χ2n) is 10.8. The molecule has 2 aliphatic rings. The van der Waals surface area contributed by atoms with Crippen LogP contribution in [0.4, 0.5) is 38.1 Å². The number of halogens is 8. The molecule has 4 N–H and O–H groups in total. The Morgan fingerprint density at radius 1 is 1.07 bits per heavy atom. The van der Waals surface area contributed by atoms with Crippen molar-refractivity contribution in [1.82, 2.24) is 15.3 Å². The maximum absolute atomic E-state index is 14.5. The number of hydrogen-bond acceptors (Lipinski definition) is 7. The Hall–Kier alpha value is -3.49. The minimum absolute atomic E-state index is 0.0169. The summed E-state index contributed by atoms with van der Waals surface area (Å²) in [4.78, 5) is 21.2. The number of nitrogens with two attached hydrogens (primary N) is 1. The lowest BCUT2D eigenvalue weighted by Crippen LogP contribution is -2.41. The van der Waals surface area contributed by atoms with E-state index in [1.165, 1.54) is 12.1 Å². The van der Waals surface area contributed by atoms with Gasteiger partial charge in [0.05, 0.1) is 10.6 Å². The number of nitrogens with zero attached hydrogens (tertiary/aromatic N) is 3. The molecule has 8 nitrogen and oxygen atoms in total. The number of hydrogen-bond donors (Lipinski definition) is 3. The molecule has 2 atom stereocenters. The van der Waals surface area contributed by atoms with Crippen LogP contribution >= 0.6 is 23.2 Å². The fourth-order valence-electron chi connectivity index (χ4n) is 5.68. The highest BCUT2D eigenvalue weighted by Crippen LogP contribution is 2.45. The van der Waals surface area contributed by atoms with Gasteiger partial charge in [0, 0.05) is 36.3 Å². The van der Waals surface area contributed by atoms with E-state index in [0.29, 0.717) is 45.0 Å². The summed E-state index contributed by atoms with van der Waals surface area (Å²) in [6.45, 7) is 1.41. The van der Waals surface area contributed by atoms with Crippen molar-refractivity contribution in [2.24, 2.45) is 5.41 Å². The first-order valence-electron chi connectivity index (χ1n) is 13.3. The number of nitrogens with one attached hydrogen (secondary N) is 1. The van der Waals surface area contributed by atoms with Gasteiger partial charge in [-0.1, -0.05) is 35.3 Å². The van der Waals surface area contributed by atoms with E-state index in [1.807, 2.05) is 0 Å². The molecule has 1 spiro atoms. The summed E-state index contributed by atoms with van der Waals surface area (Å²) in [5, 5.41) is 11.7. The molecule has 236 valence electrons. The number of anilines is 2. The zero-order valence-electron chi connectivity index (χ0n) is 22.6. The van der Waals surface area contributed by atoms with Gasteiger partial charge in [-0.25, -0.2) is 0 Å². The molecule has 5 rings (SSSR count). The van der Waals surface area contributed by atoms with E-state index in [0.717, 1.165) is 24.3 Å². The number of aliphatic carboxylic acids is 1. The van der Waals surface area contributed by atoms with Crippen LogP contribution in [0.15, 0.2) is 42.5 Å². The van der Waals surface area contributed by atoms with Crippen LogP contribution in [0.25, 0.3) is 11.1 Å². The van der Waals surface area contributed by atoms with Gasteiger partial charge in [-0.3, -0.25) is 4.79 Å². The van der Waals surface area contributed by atoms with E-state index in [2.05, 4.69) is 15.3 Å². The van der Waals surface area contributed by atoms with Gasteiger partial charge in [0.1, 0.15) is 11.9 Å². The van der Waals surface area contributed by atoms with Gasteiger partial charge in [0.2, 0.25) is 17.9 Å². The first-order chi connectivity index (χ1) is 20.5. The number of carboxylic acids is 1. The number of ether oxygens (including phenoxy) is 1. The molecule has 0 aliphatic carbocycles. The molecule has 2 aliphatic heterocycles. The van der Waals surface area contributed by atoms with Crippen LogP contribution in [0, 0.1) is 5.41 Å². The number of alkyl halides is 6. The van der Waals surface area contributed by atoms with Crippen molar-refractivity contribution < 1.29 is 41.0 Å². The van der Waals surface area contributed by atoms with Gasteiger partial charge in [0.15, 0.2) is 0 Å². The molecule has 2 aromatic carbocycles. The molecule has 0 saturated carbocycles. The van der Waals surface area contributed by atoms with Crippen molar-refractivity contribution in [3.8, 4) is 17.0 Å². The molecular weight excluding hydrogens is 639 g/mol. The number of benzene rings is 2. The predicted molar refractivity (Wildman–Crippen MR) is 151 cm³/mol. The van der Waals surface area contributed by atoms with Crippen molar-refractivity contribution in [2.45, 2.75) is 43.8 Å². The quantitative estimate of drug-likeness (QED) is 0.248. The van der Waals surface area contributed by atoms with Crippen molar-refractivity contribution in [1.29, 1.82) is 0 Å². The molecule has 2 saturated heterocycles. The summed E-state index contributed by atoms with van der Waals surface area (Å²) in [7, 11) is 0. The lowest BCUT2D eigenvalue weighted by molar-refractivity contribution is -0.198. The Kier molecular flexibility index (Phi) is 8.55. The number of carboxylic acid groups (broad SMARTS) is 1. The van der Waals surface area contributed by atoms with Crippen LogP contribution in [0.5, 0.6) is 5.88 Å². The number of rotatable bonds is 6. The van der Waals surface area contributed by atoms with Crippen LogP contribution in [0.2, 0.25) is 10.0 Å². The lowest BCUT2D eigenvalue weighted by atomic mass is 9.76. The normalized spacial score (nSPS) is 19.3. The maximum atomic E-state index is 14.5. The Bertz CT molecular complexity index is 1560. The highest BCUT2D eigenvalue weighted by atomic mass is 35.5. The van der Waals surface area contributed by atoms with E-state index in [9.17, 15) is 36.2 Å². The standard InChI is InChI=1S/C28H25Cl2F6N5O3/c29-15-2-3-16(17(10-15)14-1-4-19(30)18(9-14)27(31,32)33)23(28(34,35)36)44-22-11-21(39-25(37)40-22)41-7-5-26(6-8-41)12-20(24(42)43)38-13-26/h1-4,9-11,20,23,38H,5-8,12-13H2,(H,42,43)(H2,37,39,40)/t20-,23?/m0/s1. The van der Waals surface area contributed by atoms with Crippen molar-refractivity contribution in [3.05, 3.63) is 63.6 Å². The first-order valence-corrected chi connectivity index (χ1v) is 14.1. The number of nitrogen functional groups attached to an aromatic ring is 1. The fraction of sp³-hybridized carbons (Fsp3) is 0.393. The van der Waals surface area contributed by atoms with Gasteiger partial charge in [0.25, 0.3) is 0 Å². The third-order valence-electron chi connectivity index (χ3n) is 7.93. The Morgan fingerprint density at radius 2 is 1.77 bits per heavy atom. The Balaban J connectivity index is 1.45. The molecule has 0 radical (unpaired) electrons. The average Bonchev–Trinajstić information content (AvgIpc) is 3.35. The van der Waals surface area contributed by atoms with Gasteiger partial charge >= 0.3 is 18.3 Å². The van der Waals surface area contributed by atoms with Gasteiger partial charge in [-0.05, 0) is 60.1 Å². The van der Waals surface area contributed by atoms with E-state index >= 15 is 0 Å². The molecular formula is C28H25Cl2F6N5O3. The zero-order valence-corrected chi connectivity index (χ0v) is 24.2. The monoisotopic (exact) mass is 663 g/mol. The SMILES string of the molecule is Nc1nc(OC(c2ccc(Cl)cc2-c2ccc(Cl)c(C(F)(F)F)c2)C(F)(F)F)cc(N2CCC3(CC2)CN[C@H](C(=O)O)C3)n1. The Morgan fingerprint density at radius 3 is 2.39 bits per heavy atom. The van der Waals surface area contributed by atoms with Crippen LogP contribution < -0.4 is 20.7 Å². The third kappa shape index (κ3) is 6.76. The summed E-state index contributed by atoms with van der Waals surface area (Å²) in [5.41, 5.74) is 3.41. The highest BCUT2D eigenvalue weighted by molar-refractivity contribution is 6.31. The molecule has 0 bridgehead atoms. The number of carbonyl (C=O) groups is 1. The lowest BCUT2D eigenvalue weighted by Gasteiger charge is -2.39. The van der Waals surface area contributed by atoms with E-state index in [4.69, 9.17) is 33.7 Å². The Labute approximate surface area is 257 Å². The highest BCUT2D eigenvalue weighted by Gasteiger charge is 2.46. The summed E-state index contributed by atoms with van der Waals surface area (Å²) in [6.07, 6.45) is -10.9. The minimum atomic E-state index is -5.05. The summed E-state index contributed by atoms with van der Waals surface area (Å²) < 4.78 is 89.7. The van der Waals surface area contributed by atoms with E-state index < -0.39 is 52.5 Å². The predicted octanol–water partition coefficient (Wildman–Crippen LogP) is 6.77. The van der Waals surface area contributed by atoms with Gasteiger partial charge in [-0.2, -0.15) is 36.3 Å². The maximum Gasteiger partial charge on any atom is 0.429 e. The van der Waals surface area contributed by atoms with Crippen molar-refractivity contribution in [3.63, 3.8) is 0 Å². The van der Waals surface area contributed by atoms with Crippen LogP contribution in [0.3, 0.4) is 0 Å².